The van der Waals surface area contributed by atoms with Gasteiger partial charge in [-0.3, -0.25) is 4.79 Å². The van der Waals surface area contributed by atoms with Gasteiger partial charge in [0.1, 0.15) is 5.75 Å². The lowest BCUT2D eigenvalue weighted by atomic mass is 10.1. The second kappa shape index (κ2) is 7.97. The Morgan fingerprint density at radius 1 is 1.35 bits per heavy atom. The van der Waals surface area contributed by atoms with E-state index in [4.69, 9.17) is 9.47 Å². The third-order valence-electron chi connectivity index (χ3n) is 3.60. The van der Waals surface area contributed by atoms with Crippen molar-refractivity contribution in [3.8, 4) is 5.75 Å². The summed E-state index contributed by atoms with van der Waals surface area (Å²) in [5.41, 5.74) is 0.836. The van der Waals surface area contributed by atoms with Crippen molar-refractivity contribution in [1.82, 2.24) is 4.90 Å². The standard InChI is InChI=1S/C17H23NO5/c1-12(2)10-23-14-5-3-13(4-6-14)9-16(19)18-7-8-22-11-15(18)17(20)21/h3-6,12,15H,7-11H2,1-2H3,(H,20,21)/t15-/m1/s1. The van der Waals surface area contributed by atoms with E-state index in [0.29, 0.717) is 25.7 Å². The van der Waals surface area contributed by atoms with Gasteiger partial charge in [-0.25, -0.2) is 4.79 Å². The highest BCUT2D eigenvalue weighted by molar-refractivity contribution is 5.85. The molecule has 1 aliphatic rings. The van der Waals surface area contributed by atoms with Crippen LogP contribution in [0.1, 0.15) is 19.4 Å². The van der Waals surface area contributed by atoms with E-state index in [1.54, 1.807) is 0 Å². The SMILES string of the molecule is CC(C)COc1ccc(CC(=O)N2CCOC[C@@H]2C(=O)O)cc1. The predicted molar refractivity (Wildman–Crippen MR) is 84.4 cm³/mol. The van der Waals surface area contributed by atoms with Crippen LogP contribution >= 0.6 is 0 Å². The largest absolute Gasteiger partial charge is 0.493 e. The number of ether oxygens (including phenoxy) is 2. The van der Waals surface area contributed by atoms with Crippen molar-refractivity contribution in [2.75, 3.05) is 26.4 Å². The first-order chi connectivity index (χ1) is 11.0. The maximum absolute atomic E-state index is 12.4. The summed E-state index contributed by atoms with van der Waals surface area (Å²) in [4.78, 5) is 24.9. The van der Waals surface area contributed by atoms with Crippen LogP contribution in [0.4, 0.5) is 0 Å². The molecule has 0 bridgehead atoms. The zero-order valence-corrected chi connectivity index (χ0v) is 13.5. The van der Waals surface area contributed by atoms with E-state index in [-0.39, 0.29) is 18.9 Å². The lowest BCUT2D eigenvalue weighted by Gasteiger charge is -2.32. The number of aliphatic carboxylic acids is 1. The summed E-state index contributed by atoms with van der Waals surface area (Å²) in [7, 11) is 0. The molecule has 1 saturated heterocycles. The number of carboxylic acid groups (broad SMARTS) is 1. The second-order valence-corrected chi connectivity index (χ2v) is 6.04. The monoisotopic (exact) mass is 321 g/mol. The predicted octanol–water partition coefficient (Wildman–Crippen LogP) is 1.58. The smallest absolute Gasteiger partial charge is 0.328 e. The zero-order valence-electron chi connectivity index (χ0n) is 13.5. The van der Waals surface area contributed by atoms with Crippen molar-refractivity contribution >= 4 is 11.9 Å². The molecule has 1 fully saturated rings. The number of hydrogen-bond donors (Lipinski definition) is 1. The van der Waals surface area contributed by atoms with Gasteiger partial charge >= 0.3 is 5.97 Å². The van der Waals surface area contributed by atoms with Crippen LogP contribution < -0.4 is 4.74 Å². The average molecular weight is 321 g/mol. The van der Waals surface area contributed by atoms with Crippen LogP contribution in [0.15, 0.2) is 24.3 Å². The summed E-state index contributed by atoms with van der Waals surface area (Å²) in [6.45, 7) is 5.53. The van der Waals surface area contributed by atoms with Crippen molar-refractivity contribution in [3.05, 3.63) is 29.8 Å². The molecule has 1 N–H and O–H groups in total. The average Bonchev–Trinajstić information content (AvgIpc) is 2.54. The Morgan fingerprint density at radius 3 is 2.65 bits per heavy atom. The van der Waals surface area contributed by atoms with E-state index in [0.717, 1.165) is 11.3 Å². The summed E-state index contributed by atoms with van der Waals surface area (Å²) >= 11 is 0. The van der Waals surface area contributed by atoms with Gasteiger partial charge < -0.3 is 19.5 Å². The molecule has 1 aromatic rings. The summed E-state index contributed by atoms with van der Waals surface area (Å²) in [6, 6.07) is 6.44. The van der Waals surface area contributed by atoms with Crippen LogP contribution in [0.3, 0.4) is 0 Å². The van der Waals surface area contributed by atoms with Gasteiger partial charge in [0.25, 0.3) is 0 Å². The molecule has 1 aliphatic heterocycles. The number of carboxylic acids is 1. The third-order valence-corrected chi connectivity index (χ3v) is 3.60. The first kappa shape index (κ1) is 17.3. The number of carbonyl (C=O) groups is 2. The first-order valence-electron chi connectivity index (χ1n) is 7.79. The van der Waals surface area contributed by atoms with Gasteiger partial charge in [-0.05, 0) is 23.6 Å². The summed E-state index contributed by atoms with van der Waals surface area (Å²) < 4.78 is 10.7. The van der Waals surface area contributed by atoms with Crippen LogP contribution in [0.5, 0.6) is 5.75 Å². The van der Waals surface area contributed by atoms with Gasteiger partial charge in [0.05, 0.1) is 26.2 Å². The molecule has 1 amide bonds. The zero-order chi connectivity index (χ0) is 16.8. The normalized spacial score (nSPS) is 18.0. The van der Waals surface area contributed by atoms with E-state index >= 15 is 0 Å². The highest BCUT2D eigenvalue weighted by Gasteiger charge is 2.32. The molecule has 23 heavy (non-hydrogen) atoms. The van der Waals surface area contributed by atoms with Gasteiger partial charge in [0.15, 0.2) is 6.04 Å². The first-order valence-corrected chi connectivity index (χ1v) is 7.79. The fourth-order valence-electron chi connectivity index (χ4n) is 2.35. The maximum atomic E-state index is 12.4. The Bertz CT molecular complexity index is 540. The number of carbonyl (C=O) groups excluding carboxylic acids is 1. The molecule has 0 spiro atoms. The second-order valence-electron chi connectivity index (χ2n) is 6.04. The molecule has 0 aromatic heterocycles. The Balaban J connectivity index is 1.95. The Hall–Kier alpha value is -2.08. The third kappa shape index (κ3) is 4.96. The number of morpholine rings is 1. The number of nitrogens with zero attached hydrogens (tertiary/aromatic N) is 1. The molecule has 0 aliphatic carbocycles. The Labute approximate surface area is 136 Å². The van der Waals surface area contributed by atoms with Gasteiger partial charge in [-0.15, -0.1) is 0 Å². The van der Waals surface area contributed by atoms with Crippen molar-refractivity contribution in [2.45, 2.75) is 26.3 Å². The molecule has 0 saturated carbocycles. The maximum Gasteiger partial charge on any atom is 0.328 e. The van der Waals surface area contributed by atoms with E-state index in [1.165, 1.54) is 4.90 Å². The van der Waals surface area contributed by atoms with Crippen LogP contribution in [-0.2, 0) is 20.7 Å². The minimum absolute atomic E-state index is 0.0447. The van der Waals surface area contributed by atoms with Crippen molar-refractivity contribution in [3.63, 3.8) is 0 Å². The molecule has 2 rings (SSSR count). The summed E-state index contributed by atoms with van der Waals surface area (Å²) in [5.74, 6) is -0.0118. The summed E-state index contributed by atoms with van der Waals surface area (Å²) in [5, 5.41) is 9.17. The van der Waals surface area contributed by atoms with Gasteiger partial charge in [-0.1, -0.05) is 26.0 Å². The van der Waals surface area contributed by atoms with Gasteiger partial charge in [0, 0.05) is 6.54 Å². The molecule has 6 nitrogen and oxygen atoms in total. The molecular weight excluding hydrogens is 298 g/mol. The molecular formula is C17H23NO5. The molecule has 1 atom stereocenters. The van der Waals surface area contributed by atoms with Crippen LogP contribution in [0, 0.1) is 5.92 Å². The van der Waals surface area contributed by atoms with Crippen molar-refractivity contribution < 1.29 is 24.2 Å². The quantitative estimate of drug-likeness (QED) is 0.861. The number of rotatable bonds is 6. The van der Waals surface area contributed by atoms with Crippen molar-refractivity contribution in [1.29, 1.82) is 0 Å². The number of amides is 1. The van der Waals surface area contributed by atoms with E-state index < -0.39 is 12.0 Å². The van der Waals surface area contributed by atoms with Gasteiger partial charge in [-0.2, -0.15) is 0 Å². The van der Waals surface area contributed by atoms with Crippen LogP contribution in [-0.4, -0.2) is 54.3 Å². The lowest BCUT2D eigenvalue weighted by molar-refractivity contribution is -0.158. The van der Waals surface area contributed by atoms with Crippen LogP contribution in [0.2, 0.25) is 0 Å². The number of benzene rings is 1. The minimum Gasteiger partial charge on any atom is -0.493 e. The fourth-order valence-corrected chi connectivity index (χ4v) is 2.35. The lowest BCUT2D eigenvalue weighted by Crippen LogP contribution is -2.53. The highest BCUT2D eigenvalue weighted by atomic mass is 16.5. The van der Waals surface area contributed by atoms with Crippen molar-refractivity contribution in [2.24, 2.45) is 5.92 Å². The van der Waals surface area contributed by atoms with E-state index in [9.17, 15) is 14.7 Å². The topological polar surface area (TPSA) is 76.1 Å². The molecule has 1 aromatic carbocycles. The van der Waals surface area contributed by atoms with E-state index in [2.05, 4.69) is 13.8 Å². The fraction of sp³-hybridized carbons (Fsp3) is 0.529. The minimum atomic E-state index is -1.03. The molecule has 0 unspecified atom stereocenters. The van der Waals surface area contributed by atoms with Crippen LogP contribution in [0.25, 0.3) is 0 Å². The molecule has 126 valence electrons. The molecule has 0 radical (unpaired) electrons. The number of hydrogen-bond acceptors (Lipinski definition) is 4. The van der Waals surface area contributed by atoms with Gasteiger partial charge in [0.2, 0.25) is 5.91 Å². The molecule has 6 heteroatoms. The molecule has 1 heterocycles. The Kier molecular flexibility index (Phi) is 5.98. The highest BCUT2D eigenvalue weighted by Crippen LogP contribution is 2.16. The Morgan fingerprint density at radius 2 is 2.04 bits per heavy atom. The summed E-state index contributed by atoms with van der Waals surface area (Å²) in [6.07, 6.45) is 0.175. The van der Waals surface area contributed by atoms with E-state index in [1.807, 2.05) is 24.3 Å².